The van der Waals surface area contributed by atoms with E-state index in [4.69, 9.17) is 0 Å². The third-order valence-electron chi connectivity index (χ3n) is 7.59. The lowest BCUT2D eigenvalue weighted by Gasteiger charge is -2.42. The van der Waals surface area contributed by atoms with Gasteiger partial charge in [-0.15, -0.1) is 13.2 Å². The predicted molar refractivity (Wildman–Crippen MR) is 119 cm³/mol. The van der Waals surface area contributed by atoms with Crippen LogP contribution in [-0.4, -0.2) is 35.6 Å². The molecule has 2 fully saturated rings. The predicted octanol–water partition coefficient (Wildman–Crippen LogP) is 5.63. The van der Waals surface area contributed by atoms with E-state index in [1.54, 1.807) is 12.1 Å². The van der Waals surface area contributed by atoms with Crippen molar-refractivity contribution in [1.82, 2.24) is 0 Å². The Morgan fingerprint density at radius 2 is 1.30 bits per heavy atom. The van der Waals surface area contributed by atoms with Crippen LogP contribution in [0, 0.1) is 5.41 Å². The maximum atomic E-state index is 12.5. The minimum absolute atomic E-state index is 0.203. The molecule has 2 bridgehead atoms. The SMILES string of the molecule is OC(c1ccccc1)(c1ccccc1)C12CC[N+](Cc3ccc(OC(F)(F)F)cc3)(CC1)C2. The normalized spacial score (nSPS) is 24.7. The lowest BCUT2D eigenvalue weighted by atomic mass is 9.63. The van der Waals surface area contributed by atoms with Gasteiger partial charge in [-0.2, -0.15) is 0 Å². The van der Waals surface area contributed by atoms with Crippen molar-refractivity contribution in [2.24, 2.45) is 5.41 Å². The van der Waals surface area contributed by atoms with Crippen molar-refractivity contribution >= 4 is 0 Å². The molecule has 2 aliphatic heterocycles. The Hall–Kier alpha value is -2.83. The largest absolute Gasteiger partial charge is 0.573 e. The molecular weight excluding hydrogens is 427 g/mol. The fraction of sp³-hybridized carbons (Fsp3) is 0.333. The number of nitrogens with zero attached hydrogens (tertiary/aromatic N) is 1. The summed E-state index contributed by atoms with van der Waals surface area (Å²) >= 11 is 0. The van der Waals surface area contributed by atoms with Crippen LogP contribution in [0.25, 0.3) is 0 Å². The lowest BCUT2D eigenvalue weighted by molar-refractivity contribution is -0.922. The fourth-order valence-electron chi connectivity index (χ4n) is 6.11. The first-order valence-electron chi connectivity index (χ1n) is 11.3. The van der Waals surface area contributed by atoms with Crippen molar-refractivity contribution in [1.29, 1.82) is 0 Å². The van der Waals surface area contributed by atoms with Crippen molar-refractivity contribution < 1.29 is 27.5 Å². The third-order valence-corrected chi connectivity index (χ3v) is 7.59. The van der Waals surface area contributed by atoms with Crippen LogP contribution in [0.4, 0.5) is 13.2 Å². The number of hydrogen-bond donors (Lipinski definition) is 1. The summed E-state index contributed by atoms with van der Waals surface area (Å²) in [6.07, 6.45) is -2.91. The summed E-state index contributed by atoms with van der Waals surface area (Å²) in [6.45, 7) is 3.42. The second kappa shape index (κ2) is 7.89. The number of halogens is 3. The molecule has 0 saturated carbocycles. The molecule has 6 heteroatoms. The molecule has 2 saturated heterocycles. The average molecular weight is 455 g/mol. The monoisotopic (exact) mass is 454 g/mol. The van der Waals surface area contributed by atoms with Crippen LogP contribution in [0.15, 0.2) is 84.9 Å². The molecule has 0 aromatic heterocycles. The number of rotatable bonds is 6. The zero-order chi connectivity index (χ0) is 23.2. The molecule has 0 amide bonds. The zero-order valence-electron chi connectivity index (χ0n) is 18.3. The Balaban J connectivity index is 1.43. The molecule has 0 aliphatic carbocycles. The molecule has 0 atom stereocenters. The molecule has 0 spiro atoms. The molecule has 2 heterocycles. The quantitative estimate of drug-likeness (QED) is 0.489. The van der Waals surface area contributed by atoms with Gasteiger partial charge in [0, 0.05) is 18.4 Å². The highest BCUT2D eigenvalue weighted by molar-refractivity contribution is 5.40. The summed E-state index contributed by atoms with van der Waals surface area (Å²) < 4.78 is 42.3. The van der Waals surface area contributed by atoms with E-state index in [9.17, 15) is 18.3 Å². The Kier molecular flexibility index (Phi) is 5.26. The van der Waals surface area contributed by atoms with Crippen molar-refractivity contribution in [3.8, 4) is 5.75 Å². The van der Waals surface area contributed by atoms with Crippen molar-refractivity contribution in [3.05, 3.63) is 102 Å². The number of ether oxygens (including phenoxy) is 1. The van der Waals surface area contributed by atoms with E-state index in [2.05, 4.69) is 4.74 Å². The minimum atomic E-state index is -4.69. The van der Waals surface area contributed by atoms with Gasteiger partial charge < -0.3 is 14.3 Å². The first kappa shape index (κ1) is 22.0. The first-order chi connectivity index (χ1) is 15.7. The van der Waals surface area contributed by atoms with E-state index in [0.717, 1.165) is 60.2 Å². The third kappa shape index (κ3) is 3.91. The summed E-state index contributed by atoms with van der Waals surface area (Å²) in [5.74, 6) is -0.203. The molecule has 33 heavy (non-hydrogen) atoms. The van der Waals surface area contributed by atoms with Crippen molar-refractivity contribution in [2.75, 3.05) is 19.6 Å². The number of quaternary nitrogens is 1. The highest BCUT2D eigenvalue weighted by Gasteiger charge is 2.65. The smallest absolute Gasteiger partial charge is 0.406 e. The van der Waals surface area contributed by atoms with E-state index in [1.807, 2.05) is 60.7 Å². The van der Waals surface area contributed by atoms with Crippen LogP contribution >= 0.6 is 0 Å². The molecule has 3 aromatic rings. The molecule has 2 aliphatic rings. The molecule has 5 rings (SSSR count). The maximum absolute atomic E-state index is 12.5. The Bertz CT molecular complexity index is 1050. The van der Waals surface area contributed by atoms with Crippen LogP contribution in [0.5, 0.6) is 5.75 Å². The van der Waals surface area contributed by atoms with E-state index >= 15 is 0 Å². The van der Waals surface area contributed by atoms with E-state index in [0.29, 0.717) is 0 Å². The van der Waals surface area contributed by atoms with Gasteiger partial charge in [-0.3, -0.25) is 0 Å². The summed E-state index contributed by atoms with van der Waals surface area (Å²) in [4.78, 5) is 0. The van der Waals surface area contributed by atoms with Gasteiger partial charge in [0.25, 0.3) is 0 Å². The second-order valence-electron chi connectivity index (χ2n) is 9.52. The minimum Gasteiger partial charge on any atom is -0.406 e. The lowest BCUT2D eigenvalue weighted by Crippen LogP contribution is -2.46. The van der Waals surface area contributed by atoms with Gasteiger partial charge in [0.15, 0.2) is 0 Å². The molecule has 3 aromatic carbocycles. The number of fused-ring (bicyclic) bond motifs is 2. The fourth-order valence-corrected chi connectivity index (χ4v) is 6.11. The summed E-state index contributed by atoms with van der Waals surface area (Å²) in [7, 11) is 0. The van der Waals surface area contributed by atoms with Gasteiger partial charge in [0.2, 0.25) is 0 Å². The summed E-state index contributed by atoms with van der Waals surface area (Å²) in [5.41, 5.74) is 1.40. The highest BCUT2D eigenvalue weighted by atomic mass is 19.4. The van der Waals surface area contributed by atoms with E-state index < -0.39 is 12.0 Å². The van der Waals surface area contributed by atoms with Crippen LogP contribution in [-0.2, 0) is 12.1 Å². The topological polar surface area (TPSA) is 29.5 Å². The van der Waals surface area contributed by atoms with Crippen LogP contribution in [0.3, 0.4) is 0 Å². The molecule has 0 radical (unpaired) electrons. The van der Waals surface area contributed by atoms with Gasteiger partial charge in [0.1, 0.15) is 17.9 Å². The van der Waals surface area contributed by atoms with Crippen molar-refractivity contribution in [3.63, 3.8) is 0 Å². The van der Waals surface area contributed by atoms with Gasteiger partial charge in [-0.05, 0) is 35.4 Å². The van der Waals surface area contributed by atoms with Gasteiger partial charge in [0.05, 0.1) is 25.0 Å². The van der Waals surface area contributed by atoms with Crippen LogP contribution in [0.2, 0.25) is 0 Å². The molecule has 3 nitrogen and oxygen atoms in total. The Morgan fingerprint density at radius 1 is 0.788 bits per heavy atom. The average Bonchev–Trinajstić information content (AvgIpc) is 3.38. The van der Waals surface area contributed by atoms with Gasteiger partial charge >= 0.3 is 6.36 Å². The summed E-state index contributed by atoms with van der Waals surface area (Å²) in [5, 5.41) is 12.4. The number of hydrogen-bond acceptors (Lipinski definition) is 2. The number of piperidine rings is 1. The van der Waals surface area contributed by atoms with Crippen LogP contribution < -0.4 is 4.74 Å². The maximum Gasteiger partial charge on any atom is 0.573 e. The first-order valence-corrected chi connectivity index (χ1v) is 11.3. The molecular formula is C27H27F3NO2+. The van der Waals surface area contributed by atoms with Crippen LogP contribution in [0.1, 0.15) is 29.5 Å². The number of benzene rings is 3. The highest BCUT2D eigenvalue weighted by Crippen LogP contribution is 2.58. The standard InChI is InChI=1S/C27H27F3NO2/c28-27(29,30)33-24-13-11-21(12-14-24)19-31-17-15-25(20-31,16-18-31)26(32,22-7-3-1-4-8-22)23-9-5-2-6-10-23/h1-14,32H,15-20H2/q+1. The second-order valence-corrected chi connectivity index (χ2v) is 9.52. The summed E-state index contributed by atoms with van der Waals surface area (Å²) in [6, 6.07) is 26.0. The van der Waals surface area contributed by atoms with E-state index in [-0.39, 0.29) is 11.2 Å². The molecule has 172 valence electrons. The Morgan fingerprint density at radius 3 is 1.79 bits per heavy atom. The molecule has 1 N–H and O–H groups in total. The van der Waals surface area contributed by atoms with Gasteiger partial charge in [-0.1, -0.05) is 60.7 Å². The van der Waals surface area contributed by atoms with E-state index in [1.165, 1.54) is 12.1 Å². The molecule has 0 unspecified atom stereocenters. The Labute approximate surface area is 191 Å². The van der Waals surface area contributed by atoms with Crippen molar-refractivity contribution in [2.45, 2.75) is 31.3 Å². The zero-order valence-corrected chi connectivity index (χ0v) is 18.3. The number of alkyl halides is 3. The van der Waals surface area contributed by atoms with Gasteiger partial charge in [-0.25, -0.2) is 0 Å². The number of aliphatic hydroxyl groups is 1.